The fourth-order valence-corrected chi connectivity index (χ4v) is 3.97. The van der Waals surface area contributed by atoms with E-state index >= 15 is 0 Å². The molecule has 3 aromatic rings. The van der Waals surface area contributed by atoms with Crippen LogP contribution in [0.3, 0.4) is 0 Å². The van der Waals surface area contributed by atoms with Crippen molar-refractivity contribution in [3.05, 3.63) is 57.0 Å². The Labute approximate surface area is 181 Å². The molecule has 1 aromatic carbocycles. The number of hydrogen-bond donors (Lipinski definition) is 2. The van der Waals surface area contributed by atoms with Crippen molar-refractivity contribution in [1.82, 2.24) is 19.7 Å². The lowest BCUT2D eigenvalue weighted by Gasteiger charge is -2.13. The maximum atomic E-state index is 12.7. The maximum absolute atomic E-state index is 12.7. The number of rotatable bonds is 7. The number of thiazole rings is 1. The number of nitrogens with zero attached hydrogens (tertiary/aromatic N) is 5. The van der Waals surface area contributed by atoms with Gasteiger partial charge in [0, 0.05) is 32.3 Å². The lowest BCUT2D eigenvalue weighted by molar-refractivity contribution is -0.384. The second-order valence-corrected chi connectivity index (χ2v) is 7.88. The van der Waals surface area contributed by atoms with Gasteiger partial charge in [0.1, 0.15) is 5.69 Å². The number of allylic oxidation sites excluding steroid dienone is 1. The quantitative estimate of drug-likeness (QED) is 0.246. The summed E-state index contributed by atoms with van der Waals surface area (Å²) in [6.07, 6.45) is 1.71. The first-order chi connectivity index (χ1) is 14.2. The highest BCUT2D eigenvalue weighted by molar-refractivity contribution is 7.71. The zero-order valence-corrected chi connectivity index (χ0v) is 18.1. The minimum atomic E-state index is -0.514. The molecule has 0 aliphatic carbocycles. The van der Waals surface area contributed by atoms with Crippen LogP contribution in [0.4, 0.5) is 16.5 Å². The monoisotopic (exact) mass is 445 g/mol. The van der Waals surface area contributed by atoms with E-state index in [4.69, 9.17) is 12.2 Å². The van der Waals surface area contributed by atoms with E-state index in [0.717, 1.165) is 4.88 Å². The average molecular weight is 446 g/mol. The van der Waals surface area contributed by atoms with Crippen LogP contribution in [0.25, 0.3) is 10.7 Å². The van der Waals surface area contributed by atoms with Gasteiger partial charge in [0.05, 0.1) is 15.5 Å². The number of amides is 1. The summed E-state index contributed by atoms with van der Waals surface area (Å²) in [7, 11) is 3.40. The number of nitrogens with one attached hydrogen (secondary N) is 2. The number of nitro groups is 1. The number of carbonyl (C=O) groups is 1. The van der Waals surface area contributed by atoms with Crippen molar-refractivity contribution in [2.24, 2.45) is 0 Å². The summed E-state index contributed by atoms with van der Waals surface area (Å²) < 4.78 is 2.23. The Morgan fingerprint density at radius 1 is 1.50 bits per heavy atom. The van der Waals surface area contributed by atoms with Gasteiger partial charge in [0.25, 0.3) is 11.6 Å². The predicted octanol–water partition coefficient (Wildman–Crippen LogP) is 3.79. The smallest absolute Gasteiger partial charge is 0.293 e. The SMILES string of the molecule is C=CCn1c(-c2sc(NC(=O)c3ccc(N(C)C)c([N+](=O)[O-])c3)nc2C)n[nH]c1=S. The topological polar surface area (TPSA) is 122 Å². The molecule has 0 fully saturated rings. The third-order valence-corrected chi connectivity index (χ3v) is 5.59. The summed E-state index contributed by atoms with van der Waals surface area (Å²) in [5.74, 6) is 0.107. The number of aromatic nitrogens is 4. The van der Waals surface area contributed by atoms with E-state index in [2.05, 4.69) is 27.1 Å². The molecule has 2 aromatic heterocycles. The first-order valence-electron chi connectivity index (χ1n) is 8.74. The number of anilines is 2. The zero-order chi connectivity index (χ0) is 22.0. The molecule has 30 heavy (non-hydrogen) atoms. The van der Waals surface area contributed by atoms with Crippen LogP contribution in [0.2, 0.25) is 0 Å². The standard InChI is InChI=1S/C18H19N7O3S2/c1-5-8-24-15(21-22-18(24)29)14-10(2)19-17(30-14)20-16(26)11-6-7-12(23(3)4)13(9-11)25(27)28/h5-7,9H,1,8H2,2-4H3,(H,22,29)(H,19,20,26). The Bertz CT molecular complexity index is 1190. The van der Waals surface area contributed by atoms with Crippen molar-refractivity contribution in [2.45, 2.75) is 13.5 Å². The lowest BCUT2D eigenvalue weighted by Crippen LogP contribution is -2.14. The van der Waals surface area contributed by atoms with Crippen LogP contribution in [0.5, 0.6) is 0 Å². The summed E-state index contributed by atoms with van der Waals surface area (Å²) in [6, 6.07) is 4.33. The highest BCUT2D eigenvalue weighted by Crippen LogP contribution is 2.32. The van der Waals surface area contributed by atoms with Gasteiger partial charge in [-0.3, -0.25) is 29.9 Å². The molecule has 3 rings (SSSR count). The second-order valence-electron chi connectivity index (χ2n) is 6.49. The van der Waals surface area contributed by atoms with Crippen LogP contribution >= 0.6 is 23.6 Å². The minimum absolute atomic E-state index is 0.149. The maximum Gasteiger partial charge on any atom is 0.293 e. The van der Waals surface area contributed by atoms with E-state index in [1.165, 1.54) is 23.5 Å². The number of hydrogen-bond acceptors (Lipinski definition) is 8. The van der Waals surface area contributed by atoms with E-state index < -0.39 is 10.8 Å². The zero-order valence-electron chi connectivity index (χ0n) is 16.5. The molecule has 0 aliphatic heterocycles. The van der Waals surface area contributed by atoms with E-state index in [0.29, 0.717) is 33.7 Å². The number of nitro benzene ring substituents is 1. The molecule has 0 saturated carbocycles. The molecule has 156 valence electrons. The molecule has 1 amide bonds. The van der Waals surface area contributed by atoms with Gasteiger partial charge in [-0.15, -0.1) is 6.58 Å². The van der Waals surface area contributed by atoms with Crippen molar-refractivity contribution >= 4 is 46.0 Å². The molecule has 0 spiro atoms. The van der Waals surface area contributed by atoms with Gasteiger partial charge in [-0.05, 0) is 31.3 Å². The summed E-state index contributed by atoms with van der Waals surface area (Å²) in [6.45, 7) is 6.00. The number of aryl methyl sites for hydroxylation is 1. The van der Waals surface area contributed by atoms with Crippen LogP contribution in [-0.2, 0) is 6.54 Å². The summed E-state index contributed by atoms with van der Waals surface area (Å²) in [4.78, 5) is 30.3. The van der Waals surface area contributed by atoms with Crippen LogP contribution in [0.15, 0.2) is 30.9 Å². The van der Waals surface area contributed by atoms with Gasteiger partial charge in [0.2, 0.25) is 0 Å². The molecular weight excluding hydrogens is 426 g/mol. The molecule has 10 nitrogen and oxygen atoms in total. The molecule has 0 bridgehead atoms. The fraction of sp³-hybridized carbons (Fsp3) is 0.222. The Balaban J connectivity index is 1.90. The van der Waals surface area contributed by atoms with Gasteiger partial charge in [-0.1, -0.05) is 17.4 Å². The Hall–Kier alpha value is -3.38. The average Bonchev–Trinajstić information content (AvgIpc) is 3.23. The molecule has 0 radical (unpaired) electrons. The number of benzene rings is 1. The highest BCUT2D eigenvalue weighted by atomic mass is 32.1. The van der Waals surface area contributed by atoms with E-state index in [-0.39, 0.29) is 11.3 Å². The molecule has 0 saturated heterocycles. The first kappa shape index (κ1) is 21.3. The van der Waals surface area contributed by atoms with Gasteiger partial charge in [-0.25, -0.2) is 4.98 Å². The second kappa shape index (κ2) is 8.55. The highest BCUT2D eigenvalue weighted by Gasteiger charge is 2.21. The molecule has 0 atom stereocenters. The molecule has 0 unspecified atom stereocenters. The predicted molar refractivity (Wildman–Crippen MR) is 119 cm³/mol. The van der Waals surface area contributed by atoms with Crippen molar-refractivity contribution in [3.8, 4) is 10.7 Å². The minimum Gasteiger partial charge on any atom is -0.372 e. The largest absolute Gasteiger partial charge is 0.372 e. The third kappa shape index (κ3) is 4.14. The lowest BCUT2D eigenvalue weighted by atomic mass is 10.1. The van der Waals surface area contributed by atoms with Crippen molar-refractivity contribution in [3.63, 3.8) is 0 Å². The fourth-order valence-electron chi connectivity index (χ4n) is 2.81. The number of aromatic amines is 1. The van der Waals surface area contributed by atoms with E-state index in [1.54, 1.807) is 42.6 Å². The summed E-state index contributed by atoms with van der Waals surface area (Å²) >= 11 is 6.48. The summed E-state index contributed by atoms with van der Waals surface area (Å²) in [5.41, 5.74) is 1.09. The Morgan fingerprint density at radius 2 is 2.23 bits per heavy atom. The third-order valence-electron chi connectivity index (χ3n) is 4.21. The van der Waals surface area contributed by atoms with Crippen LogP contribution in [-0.4, -0.2) is 44.7 Å². The van der Waals surface area contributed by atoms with Gasteiger partial charge in [0.15, 0.2) is 15.7 Å². The van der Waals surface area contributed by atoms with E-state index in [1.807, 2.05) is 0 Å². The van der Waals surface area contributed by atoms with Crippen LogP contribution < -0.4 is 10.2 Å². The van der Waals surface area contributed by atoms with E-state index in [9.17, 15) is 14.9 Å². The van der Waals surface area contributed by atoms with Crippen molar-refractivity contribution in [1.29, 1.82) is 0 Å². The normalized spacial score (nSPS) is 10.6. The van der Waals surface area contributed by atoms with Gasteiger partial charge in [-0.2, -0.15) is 5.10 Å². The van der Waals surface area contributed by atoms with Gasteiger partial charge >= 0.3 is 0 Å². The van der Waals surface area contributed by atoms with Crippen LogP contribution in [0.1, 0.15) is 16.1 Å². The van der Waals surface area contributed by atoms with Crippen LogP contribution in [0, 0.1) is 21.8 Å². The van der Waals surface area contributed by atoms with Crippen molar-refractivity contribution in [2.75, 3.05) is 24.3 Å². The molecular formula is C18H19N7O3S2. The summed E-state index contributed by atoms with van der Waals surface area (Å²) in [5, 5.41) is 21.4. The Kier molecular flexibility index (Phi) is 6.08. The number of carbonyl (C=O) groups excluding carboxylic acids is 1. The van der Waals surface area contributed by atoms with Crippen molar-refractivity contribution < 1.29 is 9.72 Å². The first-order valence-corrected chi connectivity index (χ1v) is 9.96. The molecule has 2 N–H and O–H groups in total. The van der Waals surface area contributed by atoms with Gasteiger partial charge < -0.3 is 4.90 Å². The molecule has 2 heterocycles. The number of H-pyrrole nitrogens is 1. The molecule has 0 aliphatic rings. The Morgan fingerprint density at radius 3 is 2.87 bits per heavy atom. The molecule has 12 heteroatoms.